The molecule has 5 heteroatoms. The first-order valence-corrected chi connectivity index (χ1v) is 6.01. The molecule has 0 bridgehead atoms. The van der Waals surface area contributed by atoms with Crippen molar-refractivity contribution < 1.29 is 13.9 Å². The maximum Gasteiger partial charge on any atom is 0.256 e. The Morgan fingerprint density at radius 2 is 2.33 bits per heavy atom. The van der Waals surface area contributed by atoms with Crippen LogP contribution in [0.1, 0.15) is 10.4 Å². The van der Waals surface area contributed by atoms with Crippen LogP contribution < -0.4 is 5.32 Å². The number of ether oxygens (including phenoxy) is 1. The van der Waals surface area contributed by atoms with Gasteiger partial charge in [-0.15, -0.1) is 0 Å². The van der Waals surface area contributed by atoms with Crippen LogP contribution in [0.15, 0.2) is 24.3 Å². The second kappa shape index (κ2) is 5.93. The number of carbonyl (C=O) groups excluding carboxylic acids is 1. The van der Waals surface area contributed by atoms with Gasteiger partial charge in [0, 0.05) is 26.7 Å². The SMILES string of the molecule is CN(CC1CNCCO1)C(=O)c1ccccc1F. The number of halogens is 1. The van der Waals surface area contributed by atoms with Crippen molar-refractivity contribution in [1.29, 1.82) is 0 Å². The lowest BCUT2D eigenvalue weighted by Gasteiger charge is -2.28. The smallest absolute Gasteiger partial charge is 0.256 e. The summed E-state index contributed by atoms with van der Waals surface area (Å²) in [5, 5.41) is 3.19. The lowest BCUT2D eigenvalue weighted by molar-refractivity contribution is 0.0103. The Balaban J connectivity index is 1.98. The van der Waals surface area contributed by atoms with Crippen molar-refractivity contribution in [3.63, 3.8) is 0 Å². The third kappa shape index (κ3) is 3.05. The fraction of sp³-hybridized carbons (Fsp3) is 0.462. The van der Waals surface area contributed by atoms with Crippen LogP contribution in [0.3, 0.4) is 0 Å². The van der Waals surface area contributed by atoms with Crippen molar-refractivity contribution in [2.45, 2.75) is 6.10 Å². The molecule has 1 heterocycles. The number of nitrogens with one attached hydrogen (secondary N) is 1. The van der Waals surface area contributed by atoms with Crippen LogP contribution >= 0.6 is 0 Å². The number of hydrogen-bond donors (Lipinski definition) is 1. The summed E-state index contributed by atoms with van der Waals surface area (Å²) in [6, 6.07) is 6.01. The molecule has 0 spiro atoms. The van der Waals surface area contributed by atoms with Crippen molar-refractivity contribution >= 4 is 5.91 Å². The van der Waals surface area contributed by atoms with E-state index < -0.39 is 5.82 Å². The molecule has 98 valence electrons. The van der Waals surface area contributed by atoms with E-state index in [-0.39, 0.29) is 17.6 Å². The average molecular weight is 252 g/mol. The molecule has 1 saturated heterocycles. The van der Waals surface area contributed by atoms with Gasteiger partial charge in [-0.2, -0.15) is 0 Å². The minimum absolute atomic E-state index is 0.0283. The first kappa shape index (κ1) is 13.0. The monoisotopic (exact) mass is 252 g/mol. The molecule has 2 rings (SSSR count). The van der Waals surface area contributed by atoms with Gasteiger partial charge in [0.15, 0.2) is 0 Å². The van der Waals surface area contributed by atoms with E-state index in [1.807, 2.05) is 0 Å². The normalized spacial score (nSPS) is 19.6. The molecule has 1 atom stereocenters. The molecular weight excluding hydrogens is 235 g/mol. The Kier molecular flexibility index (Phi) is 4.28. The van der Waals surface area contributed by atoms with Gasteiger partial charge < -0.3 is 15.0 Å². The average Bonchev–Trinajstić information content (AvgIpc) is 2.39. The third-order valence-electron chi connectivity index (χ3n) is 2.93. The van der Waals surface area contributed by atoms with Gasteiger partial charge in [0.1, 0.15) is 5.82 Å². The van der Waals surface area contributed by atoms with Gasteiger partial charge >= 0.3 is 0 Å². The molecule has 0 aromatic heterocycles. The Bertz CT molecular complexity index is 419. The maximum absolute atomic E-state index is 13.5. The number of hydrogen-bond acceptors (Lipinski definition) is 3. The van der Waals surface area contributed by atoms with Gasteiger partial charge in [-0.1, -0.05) is 12.1 Å². The number of benzene rings is 1. The first-order valence-electron chi connectivity index (χ1n) is 6.01. The van der Waals surface area contributed by atoms with Gasteiger partial charge in [-0.25, -0.2) is 4.39 Å². The topological polar surface area (TPSA) is 41.6 Å². The summed E-state index contributed by atoms with van der Waals surface area (Å²) in [4.78, 5) is 13.5. The standard InChI is InChI=1S/C13H17FN2O2/c1-16(9-10-8-15-6-7-18-10)13(17)11-4-2-3-5-12(11)14/h2-5,10,15H,6-9H2,1H3. The second-order valence-corrected chi connectivity index (χ2v) is 4.36. The third-order valence-corrected chi connectivity index (χ3v) is 2.93. The Morgan fingerprint density at radius 1 is 1.56 bits per heavy atom. The van der Waals surface area contributed by atoms with E-state index in [9.17, 15) is 9.18 Å². The van der Waals surface area contributed by atoms with E-state index in [4.69, 9.17) is 4.74 Å². The largest absolute Gasteiger partial charge is 0.374 e. The summed E-state index contributed by atoms with van der Waals surface area (Å²) >= 11 is 0. The van der Waals surface area contributed by atoms with Crippen molar-refractivity contribution in [2.75, 3.05) is 33.3 Å². The van der Waals surface area contributed by atoms with Crippen LogP contribution in [0.25, 0.3) is 0 Å². The van der Waals surface area contributed by atoms with Crippen LogP contribution in [0.4, 0.5) is 4.39 Å². The Labute approximate surface area is 106 Å². The quantitative estimate of drug-likeness (QED) is 0.868. The highest BCUT2D eigenvalue weighted by atomic mass is 19.1. The van der Waals surface area contributed by atoms with Gasteiger partial charge in [-0.3, -0.25) is 4.79 Å². The maximum atomic E-state index is 13.5. The molecule has 1 aromatic carbocycles. The van der Waals surface area contributed by atoms with Gasteiger partial charge in [-0.05, 0) is 12.1 Å². The van der Waals surface area contributed by atoms with E-state index >= 15 is 0 Å². The number of nitrogens with zero attached hydrogens (tertiary/aromatic N) is 1. The summed E-state index contributed by atoms with van der Waals surface area (Å²) in [5.74, 6) is -0.806. The first-order chi connectivity index (χ1) is 8.68. The van der Waals surface area contributed by atoms with Crippen molar-refractivity contribution in [1.82, 2.24) is 10.2 Å². The summed E-state index contributed by atoms with van der Waals surface area (Å²) < 4.78 is 19.0. The van der Waals surface area contributed by atoms with E-state index in [1.54, 1.807) is 19.2 Å². The highest BCUT2D eigenvalue weighted by molar-refractivity contribution is 5.94. The number of morpholine rings is 1. The zero-order valence-corrected chi connectivity index (χ0v) is 10.4. The molecule has 1 amide bonds. The molecule has 1 aliphatic rings. The number of amides is 1. The summed E-state index contributed by atoms with van der Waals surface area (Å²) in [6.45, 7) is 2.66. The van der Waals surface area contributed by atoms with E-state index in [1.165, 1.54) is 17.0 Å². The molecular formula is C13H17FN2O2. The molecule has 0 saturated carbocycles. The fourth-order valence-corrected chi connectivity index (χ4v) is 1.97. The van der Waals surface area contributed by atoms with Crippen LogP contribution in [0.2, 0.25) is 0 Å². The minimum Gasteiger partial charge on any atom is -0.374 e. The van der Waals surface area contributed by atoms with Crippen molar-refractivity contribution in [3.8, 4) is 0 Å². The predicted octanol–water partition coefficient (Wildman–Crippen LogP) is 0.886. The molecule has 1 N–H and O–H groups in total. The molecule has 4 nitrogen and oxygen atoms in total. The highest BCUT2D eigenvalue weighted by Crippen LogP contribution is 2.10. The highest BCUT2D eigenvalue weighted by Gasteiger charge is 2.21. The van der Waals surface area contributed by atoms with Crippen LogP contribution in [-0.2, 0) is 4.74 Å². The number of carbonyl (C=O) groups is 1. The molecule has 1 fully saturated rings. The zero-order chi connectivity index (χ0) is 13.0. The van der Waals surface area contributed by atoms with Crippen LogP contribution in [0, 0.1) is 5.82 Å². The molecule has 1 unspecified atom stereocenters. The lowest BCUT2D eigenvalue weighted by atomic mass is 10.2. The van der Waals surface area contributed by atoms with Gasteiger partial charge in [0.25, 0.3) is 5.91 Å². The molecule has 18 heavy (non-hydrogen) atoms. The fourth-order valence-electron chi connectivity index (χ4n) is 1.97. The van der Waals surface area contributed by atoms with E-state index in [0.29, 0.717) is 13.2 Å². The van der Waals surface area contributed by atoms with Crippen LogP contribution in [0.5, 0.6) is 0 Å². The van der Waals surface area contributed by atoms with Crippen molar-refractivity contribution in [3.05, 3.63) is 35.6 Å². The molecule has 0 aliphatic carbocycles. The minimum atomic E-state index is -0.489. The summed E-state index contributed by atoms with van der Waals surface area (Å²) in [5.41, 5.74) is 0.101. The number of rotatable bonds is 3. The van der Waals surface area contributed by atoms with E-state index in [2.05, 4.69) is 5.32 Å². The zero-order valence-electron chi connectivity index (χ0n) is 10.4. The summed E-state index contributed by atoms with van der Waals surface area (Å²) in [6.07, 6.45) is -0.0283. The van der Waals surface area contributed by atoms with Gasteiger partial charge in [0.05, 0.1) is 18.3 Å². The Hall–Kier alpha value is -1.46. The van der Waals surface area contributed by atoms with Gasteiger partial charge in [0.2, 0.25) is 0 Å². The lowest BCUT2D eigenvalue weighted by Crippen LogP contribution is -2.45. The van der Waals surface area contributed by atoms with E-state index in [0.717, 1.165) is 13.1 Å². The van der Waals surface area contributed by atoms with Crippen LogP contribution in [-0.4, -0.2) is 50.2 Å². The Morgan fingerprint density at radius 3 is 3.00 bits per heavy atom. The summed E-state index contributed by atoms with van der Waals surface area (Å²) in [7, 11) is 1.66. The van der Waals surface area contributed by atoms with Crippen molar-refractivity contribution in [2.24, 2.45) is 0 Å². The predicted molar refractivity (Wildman–Crippen MR) is 66.0 cm³/mol. The molecule has 1 aliphatic heterocycles. The second-order valence-electron chi connectivity index (χ2n) is 4.36. The number of likely N-dealkylation sites (N-methyl/N-ethyl adjacent to an activating group) is 1. The molecule has 0 radical (unpaired) electrons. The molecule has 1 aromatic rings.